The lowest BCUT2D eigenvalue weighted by molar-refractivity contribution is 0.501. The van der Waals surface area contributed by atoms with Gasteiger partial charge >= 0.3 is 0 Å². The Kier molecular flexibility index (Phi) is 14.5. The minimum atomic E-state index is 0.657. The smallest absolute Gasteiger partial charge is 0.0342 e. The van der Waals surface area contributed by atoms with Crippen LogP contribution in [0.1, 0.15) is 110 Å². The molecule has 1 N–H and O–H groups in total. The fourth-order valence-electron chi connectivity index (χ4n) is 3.58. The first-order valence-electron chi connectivity index (χ1n) is 11.2. The van der Waals surface area contributed by atoms with Gasteiger partial charge in [-0.25, -0.2) is 0 Å². The van der Waals surface area contributed by atoms with Crippen molar-refractivity contribution < 1.29 is 0 Å². The van der Waals surface area contributed by atoms with E-state index in [0.717, 1.165) is 0 Å². The zero-order chi connectivity index (χ0) is 18.0. The molecule has 0 radical (unpaired) electrons. The topological polar surface area (TPSA) is 12.0 Å². The fraction of sp³-hybridized carbons (Fsp3) is 0.750. The predicted molar refractivity (Wildman–Crippen MR) is 114 cm³/mol. The molecule has 0 saturated heterocycles. The van der Waals surface area contributed by atoms with Crippen LogP contribution in [0.4, 0.5) is 5.69 Å². The van der Waals surface area contributed by atoms with Gasteiger partial charge in [0.25, 0.3) is 0 Å². The van der Waals surface area contributed by atoms with Crippen LogP contribution < -0.4 is 5.32 Å². The standard InChI is InChI=1S/C24H43N/c1-3-5-7-9-11-13-16-20-23(19-15-12-10-8-6-4-2)25-24-21-17-14-18-22-24/h14,17-18,21-23,25H,3-13,15-16,19-20H2,1-2H3. The summed E-state index contributed by atoms with van der Waals surface area (Å²) in [5, 5.41) is 3.79. The second kappa shape index (κ2) is 16.5. The number of hydrogen-bond donors (Lipinski definition) is 1. The Hall–Kier alpha value is -0.980. The predicted octanol–water partition coefficient (Wildman–Crippen LogP) is 8.36. The molecular formula is C24H43N. The highest BCUT2D eigenvalue weighted by Crippen LogP contribution is 2.18. The van der Waals surface area contributed by atoms with Crippen molar-refractivity contribution in [3.63, 3.8) is 0 Å². The highest BCUT2D eigenvalue weighted by Gasteiger charge is 2.08. The van der Waals surface area contributed by atoms with Crippen LogP contribution in [0.2, 0.25) is 0 Å². The molecule has 1 rings (SSSR count). The number of nitrogens with one attached hydrogen (secondary N) is 1. The molecule has 0 aliphatic heterocycles. The van der Waals surface area contributed by atoms with Crippen molar-refractivity contribution >= 4 is 5.69 Å². The van der Waals surface area contributed by atoms with Gasteiger partial charge in [-0.3, -0.25) is 0 Å². The molecule has 144 valence electrons. The van der Waals surface area contributed by atoms with Gasteiger partial charge in [0.2, 0.25) is 0 Å². The van der Waals surface area contributed by atoms with Crippen LogP contribution >= 0.6 is 0 Å². The summed E-state index contributed by atoms with van der Waals surface area (Å²) in [5.41, 5.74) is 1.29. The first-order valence-corrected chi connectivity index (χ1v) is 11.2. The third kappa shape index (κ3) is 13.0. The number of rotatable bonds is 17. The minimum absolute atomic E-state index is 0.657. The Labute approximate surface area is 158 Å². The molecule has 0 bridgehead atoms. The second-order valence-corrected chi connectivity index (χ2v) is 7.67. The molecule has 1 atom stereocenters. The summed E-state index contributed by atoms with van der Waals surface area (Å²) in [7, 11) is 0. The van der Waals surface area contributed by atoms with Gasteiger partial charge in [-0.15, -0.1) is 0 Å². The van der Waals surface area contributed by atoms with Crippen molar-refractivity contribution in [3.8, 4) is 0 Å². The molecule has 0 aliphatic rings. The van der Waals surface area contributed by atoms with Gasteiger partial charge in [-0.2, -0.15) is 0 Å². The molecule has 1 aromatic carbocycles. The van der Waals surface area contributed by atoms with Crippen LogP contribution in [-0.2, 0) is 0 Å². The molecule has 0 spiro atoms. The van der Waals surface area contributed by atoms with Crippen LogP contribution in [0, 0.1) is 0 Å². The van der Waals surface area contributed by atoms with E-state index in [9.17, 15) is 0 Å². The molecule has 0 fully saturated rings. The minimum Gasteiger partial charge on any atom is -0.382 e. The quantitative estimate of drug-likeness (QED) is 0.280. The monoisotopic (exact) mass is 345 g/mol. The fourth-order valence-corrected chi connectivity index (χ4v) is 3.58. The van der Waals surface area contributed by atoms with E-state index in [-0.39, 0.29) is 0 Å². The maximum Gasteiger partial charge on any atom is 0.0342 e. The Morgan fingerprint density at radius 2 is 1.04 bits per heavy atom. The number of benzene rings is 1. The number of hydrogen-bond acceptors (Lipinski definition) is 1. The molecular weight excluding hydrogens is 302 g/mol. The summed E-state index contributed by atoms with van der Waals surface area (Å²) >= 11 is 0. The average molecular weight is 346 g/mol. The van der Waals surface area contributed by atoms with Gasteiger partial charge in [0.05, 0.1) is 0 Å². The molecule has 0 saturated carbocycles. The maximum absolute atomic E-state index is 3.79. The van der Waals surface area contributed by atoms with Gasteiger partial charge in [0, 0.05) is 11.7 Å². The summed E-state index contributed by atoms with van der Waals surface area (Å²) in [5.74, 6) is 0. The van der Waals surface area contributed by atoms with E-state index in [1.807, 2.05) is 0 Å². The highest BCUT2D eigenvalue weighted by atomic mass is 14.9. The third-order valence-electron chi connectivity index (χ3n) is 5.21. The SMILES string of the molecule is CCCCCCCCCC(CCCCCCCC)Nc1ccccc1. The van der Waals surface area contributed by atoms with Crippen molar-refractivity contribution in [2.24, 2.45) is 0 Å². The van der Waals surface area contributed by atoms with Crippen molar-refractivity contribution in [1.29, 1.82) is 0 Å². The van der Waals surface area contributed by atoms with Crippen LogP contribution in [0.15, 0.2) is 30.3 Å². The molecule has 0 aliphatic carbocycles. The summed E-state index contributed by atoms with van der Waals surface area (Å²) in [6, 6.07) is 11.4. The first kappa shape index (κ1) is 22.1. The highest BCUT2D eigenvalue weighted by molar-refractivity contribution is 5.43. The Morgan fingerprint density at radius 1 is 0.600 bits per heavy atom. The second-order valence-electron chi connectivity index (χ2n) is 7.67. The summed E-state index contributed by atoms with van der Waals surface area (Å²) < 4.78 is 0. The van der Waals surface area contributed by atoms with Crippen molar-refractivity contribution in [1.82, 2.24) is 0 Å². The normalized spacial score (nSPS) is 12.2. The zero-order valence-corrected chi connectivity index (χ0v) is 17.1. The van der Waals surface area contributed by atoms with Gasteiger partial charge < -0.3 is 5.32 Å². The molecule has 1 nitrogen and oxygen atoms in total. The molecule has 1 heteroatoms. The Morgan fingerprint density at radius 3 is 1.52 bits per heavy atom. The van der Waals surface area contributed by atoms with Crippen LogP contribution in [0.5, 0.6) is 0 Å². The summed E-state index contributed by atoms with van der Waals surface area (Å²) in [6.45, 7) is 4.59. The van der Waals surface area contributed by atoms with Crippen molar-refractivity contribution in [2.45, 2.75) is 116 Å². The van der Waals surface area contributed by atoms with E-state index >= 15 is 0 Å². The van der Waals surface area contributed by atoms with Crippen molar-refractivity contribution in [2.75, 3.05) is 5.32 Å². The van der Waals surface area contributed by atoms with Crippen LogP contribution in [-0.4, -0.2) is 6.04 Å². The molecule has 0 amide bonds. The largest absolute Gasteiger partial charge is 0.382 e. The van der Waals surface area contributed by atoms with E-state index in [4.69, 9.17) is 0 Å². The van der Waals surface area contributed by atoms with E-state index in [1.54, 1.807) is 0 Å². The zero-order valence-electron chi connectivity index (χ0n) is 17.1. The number of anilines is 1. The van der Waals surface area contributed by atoms with E-state index in [1.165, 1.54) is 102 Å². The Balaban J connectivity index is 2.22. The molecule has 0 aromatic heterocycles. The maximum atomic E-state index is 3.79. The molecule has 1 unspecified atom stereocenters. The summed E-state index contributed by atoms with van der Waals surface area (Å²) in [4.78, 5) is 0. The van der Waals surface area contributed by atoms with Crippen LogP contribution in [0.25, 0.3) is 0 Å². The van der Waals surface area contributed by atoms with Gasteiger partial charge in [-0.05, 0) is 25.0 Å². The van der Waals surface area contributed by atoms with E-state index in [0.29, 0.717) is 6.04 Å². The average Bonchev–Trinajstić information content (AvgIpc) is 2.64. The lowest BCUT2D eigenvalue weighted by atomic mass is 9.99. The van der Waals surface area contributed by atoms with Gasteiger partial charge in [0.15, 0.2) is 0 Å². The molecule has 0 heterocycles. The lowest BCUT2D eigenvalue weighted by Gasteiger charge is -2.20. The third-order valence-corrected chi connectivity index (χ3v) is 5.21. The Bertz CT molecular complexity index is 373. The van der Waals surface area contributed by atoms with Gasteiger partial charge in [-0.1, -0.05) is 116 Å². The van der Waals surface area contributed by atoms with Crippen molar-refractivity contribution in [3.05, 3.63) is 30.3 Å². The first-order chi connectivity index (χ1) is 12.4. The molecule has 1 aromatic rings. The number of unbranched alkanes of at least 4 members (excludes halogenated alkanes) is 11. The number of para-hydroxylation sites is 1. The lowest BCUT2D eigenvalue weighted by Crippen LogP contribution is -2.19. The summed E-state index contributed by atoms with van der Waals surface area (Å²) in [6.07, 6.45) is 20.9. The van der Waals surface area contributed by atoms with E-state index < -0.39 is 0 Å². The molecule has 25 heavy (non-hydrogen) atoms. The van der Waals surface area contributed by atoms with E-state index in [2.05, 4.69) is 49.5 Å². The van der Waals surface area contributed by atoms with Gasteiger partial charge in [0.1, 0.15) is 0 Å². The van der Waals surface area contributed by atoms with Crippen LogP contribution in [0.3, 0.4) is 0 Å².